The lowest BCUT2D eigenvalue weighted by Gasteiger charge is -2.26. The lowest BCUT2D eigenvalue weighted by Crippen LogP contribution is -2.49. The molecule has 0 aromatic heterocycles. The highest BCUT2D eigenvalue weighted by atomic mass is 32.2. The van der Waals surface area contributed by atoms with Crippen LogP contribution in [0.15, 0.2) is 4.99 Å². The van der Waals surface area contributed by atoms with Gasteiger partial charge in [-0.05, 0) is 50.9 Å². The Hall–Kier alpha value is -0.860. The van der Waals surface area contributed by atoms with E-state index < -0.39 is 9.84 Å². The zero-order chi connectivity index (χ0) is 18.0. The van der Waals surface area contributed by atoms with E-state index in [1.54, 1.807) is 0 Å². The fraction of sp³-hybridized carbons (Fsp3) is 0.944. The van der Waals surface area contributed by atoms with Crippen molar-refractivity contribution in [2.24, 2.45) is 10.9 Å². The smallest absolute Gasteiger partial charge is 0.191 e. The number of hydrogen-bond donors (Lipinski definition) is 2. The summed E-state index contributed by atoms with van der Waals surface area (Å²) in [5.41, 5.74) is 0. The van der Waals surface area contributed by atoms with E-state index in [0.717, 1.165) is 51.2 Å². The van der Waals surface area contributed by atoms with E-state index in [4.69, 9.17) is 14.5 Å². The molecule has 26 heavy (non-hydrogen) atoms. The molecule has 0 aliphatic carbocycles. The van der Waals surface area contributed by atoms with Crippen LogP contribution in [0.4, 0.5) is 0 Å². The number of nitrogens with zero attached hydrogens (tertiary/aromatic N) is 1. The van der Waals surface area contributed by atoms with Crippen LogP contribution in [0.1, 0.15) is 44.9 Å². The van der Waals surface area contributed by atoms with Crippen LogP contribution in [0.5, 0.6) is 0 Å². The van der Waals surface area contributed by atoms with Crippen LogP contribution in [-0.2, 0) is 19.3 Å². The van der Waals surface area contributed by atoms with Gasteiger partial charge >= 0.3 is 0 Å². The van der Waals surface area contributed by atoms with Crippen LogP contribution in [0.25, 0.3) is 0 Å². The summed E-state index contributed by atoms with van der Waals surface area (Å²) in [5.74, 6) is 1.50. The zero-order valence-electron chi connectivity index (χ0n) is 15.4. The lowest BCUT2D eigenvalue weighted by molar-refractivity contribution is 0.0194. The predicted octanol–water partition coefficient (Wildman–Crippen LogP) is 0.845. The van der Waals surface area contributed by atoms with Crippen molar-refractivity contribution in [2.45, 2.75) is 69.3 Å². The number of rotatable bonds is 5. The number of aliphatic imine (C=N–C) groups is 1. The van der Waals surface area contributed by atoms with Crippen LogP contribution >= 0.6 is 0 Å². The van der Waals surface area contributed by atoms with E-state index in [9.17, 15) is 8.42 Å². The average Bonchev–Trinajstić information content (AvgIpc) is 3.33. The molecule has 5 atom stereocenters. The Bertz CT molecular complexity index is 618. The summed E-state index contributed by atoms with van der Waals surface area (Å²) < 4.78 is 35.1. The van der Waals surface area contributed by atoms with Crippen molar-refractivity contribution in [1.29, 1.82) is 0 Å². The van der Waals surface area contributed by atoms with Crippen molar-refractivity contribution in [1.82, 2.24) is 10.6 Å². The highest BCUT2D eigenvalue weighted by Crippen LogP contribution is 2.34. The van der Waals surface area contributed by atoms with Gasteiger partial charge in [0.2, 0.25) is 0 Å². The SMILES string of the molecule is O=S1(=O)CCC(CN=C(NCC2CCCCO2)NC2CC3CCC2O3)C1. The number of fused-ring (bicyclic) bond motifs is 2. The monoisotopic (exact) mass is 385 g/mol. The van der Waals surface area contributed by atoms with Gasteiger partial charge in [0.1, 0.15) is 0 Å². The first-order valence-corrected chi connectivity index (χ1v) is 11.9. The lowest BCUT2D eigenvalue weighted by atomic mass is 9.96. The second-order valence-electron chi connectivity index (χ2n) is 8.19. The van der Waals surface area contributed by atoms with Gasteiger partial charge in [0.25, 0.3) is 0 Å². The average molecular weight is 386 g/mol. The summed E-state index contributed by atoms with van der Waals surface area (Å²) in [6, 6.07) is 0.305. The van der Waals surface area contributed by atoms with Crippen molar-refractivity contribution >= 4 is 15.8 Å². The molecule has 4 aliphatic rings. The molecule has 4 heterocycles. The first-order valence-electron chi connectivity index (χ1n) is 10.1. The van der Waals surface area contributed by atoms with Crippen molar-refractivity contribution in [3.05, 3.63) is 0 Å². The maximum atomic E-state index is 11.7. The topological polar surface area (TPSA) is 89.0 Å². The number of nitrogens with one attached hydrogen (secondary N) is 2. The molecule has 2 N–H and O–H groups in total. The predicted molar refractivity (Wildman–Crippen MR) is 100 cm³/mol. The minimum Gasteiger partial charge on any atom is -0.376 e. The van der Waals surface area contributed by atoms with Crippen LogP contribution < -0.4 is 10.6 Å². The molecule has 0 amide bonds. The molecular weight excluding hydrogens is 354 g/mol. The highest BCUT2D eigenvalue weighted by Gasteiger charge is 2.41. The molecular formula is C18H31N3O4S. The van der Waals surface area contributed by atoms with Crippen LogP contribution in [0.3, 0.4) is 0 Å². The summed E-state index contributed by atoms with van der Waals surface area (Å²) in [6.45, 7) is 2.14. The summed E-state index contributed by atoms with van der Waals surface area (Å²) in [7, 11) is -2.85. The molecule has 4 fully saturated rings. The second kappa shape index (κ2) is 8.02. The molecule has 0 aromatic rings. The standard InChI is InChI=1S/C18H31N3O4S/c22-26(23)8-6-13(12-26)10-19-18(20-11-15-3-1-2-7-24-15)21-16-9-14-4-5-17(16)25-14/h13-17H,1-12H2,(H2,19,20,21). The van der Waals surface area contributed by atoms with E-state index >= 15 is 0 Å². The molecule has 0 spiro atoms. The molecule has 2 bridgehead atoms. The minimum atomic E-state index is -2.85. The number of ether oxygens (including phenoxy) is 2. The molecule has 5 unspecified atom stereocenters. The van der Waals surface area contributed by atoms with E-state index in [1.165, 1.54) is 12.8 Å². The molecule has 0 saturated carbocycles. The highest BCUT2D eigenvalue weighted by molar-refractivity contribution is 7.91. The summed E-state index contributed by atoms with van der Waals surface area (Å²) in [6.07, 6.45) is 8.38. The number of hydrogen-bond acceptors (Lipinski definition) is 5. The Labute approximate surface area is 156 Å². The number of sulfone groups is 1. The molecule has 148 valence electrons. The van der Waals surface area contributed by atoms with Gasteiger partial charge in [-0.3, -0.25) is 4.99 Å². The normalized spacial score (nSPS) is 39.2. The number of guanidine groups is 1. The first-order chi connectivity index (χ1) is 12.6. The molecule has 0 radical (unpaired) electrons. The van der Waals surface area contributed by atoms with Gasteiger partial charge in [-0.1, -0.05) is 0 Å². The van der Waals surface area contributed by atoms with Gasteiger partial charge in [0.05, 0.1) is 35.9 Å². The molecule has 8 heteroatoms. The van der Waals surface area contributed by atoms with Crippen molar-refractivity contribution in [3.8, 4) is 0 Å². The van der Waals surface area contributed by atoms with Gasteiger partial charge in [0, 0.05) is 19.7 Å². The van der Waals surface area contributed by atoms with E-state index in [1.807, 2.05) is 0 Å². The first kappa shape index (κ1) is 18.5. The van der Waals surface area contributed by atoms with Crippen molar-refractivity contribution in [3.63, 3.8) is 0 Å². The fourth-order valence-electron chi connectivity index (χ4n) is 4.53. The van der Waals surface area contributed by atoms with Gasteiger partial charge in [-0.15, -0.1) is 0 Å². The Kier molecular flexibility index (Phi) is 5.71. The van der Waals surface area contributed by atoms with Gasteiger partial charge in [0.15, 0.2) is 15.8 Å². The third-order valence-electron chi connectivity index (χ3n) is 6.03. The fourth-order valence-corrected chi connectivity index (χ4v) is 6.38. The van der Waals surface area contributed by atoms with Gasteiger partial charge in [-0.2, -0.15) is 0 Å². The molecule has 4 rings (SSSR count). The van der Waals surface area contributed by atoms with Gasteiger partial charge < -0.3 is 20.1 Å². The minimum absolute atomic E-state index is 0.140. The summed E-state index contributed by atoms with van der Waals surface area (Å²) in [4.78, 5) is 4.72. The van der Waals surface area contributed by atoms with E-state index in [0.29, 0.717) is 24.4 Å². The molecule has 0 aromatic carbocycles. The van der Waals surface area contributed by atoms with Gasteiger partial charge in [-0.25, -0.2) is 8.42 Å². The molecule has 4 aliphatic heterocycles. The largest absolute Gasteiger partial charge is 0.376 e. The van der Waals surface area contributed by atoms with E-state index in [-0.39, 0.29) is 23.9 Å². The molecule has 4 saturated heterocycles. The third-order valence-corrected chi connectivity index (χ3v) is 7.87. The third kappa shape index (κ3) is 4.70. The van der Waals surface area contributed by atoms with Crippen molar-refractivity contribution < 1.29 is 17.9 Å². The Morgan fingerprint density at radius 3 is 2.73 bits per heavy atom. The maximum Gasteiger partial charge on any atom is 0.191 e. The Balaban J connectivity index is 1.34. The van der Waals surface area contributed by atoms with E-state index in [2.05, 4.69) is 10.6 Å². The molecule has 7 nitrogen and oxygen atoms in total. The van der Waals surface area contributed by atoms with Crippen LogP contribution in [0.2, 0.25) is 0 Å². The van der Waals surface area contributed by atoms with Crippen molar-refractivity contribution in [2.75, 3.05) is 31.2 Å². The van der Waals surface area contributed by atoms with Crippen LogP contribution in [0, 0.1) is 5.92 Å². The summed E-state index contributed by atoms with van der Waals surface area (Å²) in [5, 5.41) is 6.97. The second-order valence-corrected chi connectivity index (χ2v) is 10.4. The zero-order valence-corrected chi connectivity index (χ0v) is 16.2. The summed E-state index contributed by atoms with van der Waals surface area (Å²) >= 11 is 0. The maximum absolute atomic E-state index is 11.7. The Morgan fingerprint density at radius 2 is 2.08 bits per heavy atom. The van der Waals surface area contributed by atoms with Crippen LogP contribution in [-0.4, -0.2) is 69.9 Å². The Morgan fingerprint density at radius 1 is 1.15 bits per heavy atom. The quantitative estimate of drug-likeness (QED) is 0.539.